The van der Waals surface area contributed by atoms with Crippen molar-refractivity contribution in [1.82, 2.24) is 4.90 Å². The molecule has 0 bridgehead atoms. The van der Waals surface area contributed by atoms with Gasteiger partial charge in [0.1, 0.15) is 6.61 Å². The fourth-order valence-corrected chi connectivity index (χ4v) is 6.12. The fourth-order valence-electron chi connectivity index (χ4n) is 4.22. The summed E-state index contributed by atoms with van der Waals surface area (Å²) in [7, 11) is -2.05. The normalized spacial score (nSPS) is 27.4. The van der Waals surface area contributed by atoms with Gasteiger partial charge in [-0.2, -0.15) is 0 Å². The van der Waals surface area contributed by atoms with Crippen molar-refractivity contribution in [2.45, 2.75) is 82.4 Å². The van der Waals surface area contributed by atoms with Crippen LogP contribution in [-0.2, 0) is 25.4 Å². The Morgan fingerprint density at radius 1 is 1.29 bits per heavy atom. The van der Waals surface area contributed by atoms with Crippen molar-refractivity contribution in [3.63, 3.8) is 0 Å². The molecule has 0 N–H and O–H groups in total. The summed E-state index contributed by atoms with van der Waals surface area (Å²) in [6, 6.07) is 8.44. The van der Waals surface area contributed by atoms with Gasteiger partial charge in [0.05, 0.1) is 23.4 Å². The third-order valence-corrected chi connectivity index (χ3v) is 11.9. The zero-order chi connectivity index (χ0) is 23.1. The topological polar surface area (TPSA) is 55.8 Å². The highest BCUT2D eigenvalue weighted by molar-refractivity contribution is 6.74. The summed E-state index contributed by atoms with van der Waals surface area (Å²) in [5.41, 5.74) is 1.52. The van der Waals surface area contributed by atoms with Crippen LogP contribution in [0.3, 0.4) is 0 Å². The van der Waals surface area contributed by atoms with Gasteiger partial charge < -0.3 is 14.1 Å². The summed E-state index contributed by atoms with van der Waals surface area (Å²) in [5.74, 6) is -0.911. The molecule has 5 nitrogen and oxygen atoms in total. The van der Waals surface area contributed by atoms with Crippen molar-refractivity contribution in [1.29, 1.82) is 0 Å². The molecule has 0 saturated carbocycles. The van der Waals surface area contributed by atoms with Gasteiger partial charge in [0, 0.05) is 0 Å². The minimum atomic E-state index is -2.05. The van der Waals surface area contributed by atoms with E-state index in [1.165, 1.54) is 0 Å². The highest BCUT2D eigenvalue weighted by Gasteiger charge is 2.61. The fraction of sp³-hybridized carbons (Fsp3) is 0.583. The summed E-state index contributed by atoms with van der Waals surface area (Å²) < 4.78 is 12.0. The number of β-lactam (4-membered cyclic amide) rings is 1. The first kappa shape index (κ1) is 24.0. The number of halogens is 1. The van der Waals surface area contributed by atoms with E-state index in [4.69, 9.17) is 20.8 Å². The third kappa shape index (κ3) is 4.62. The van der Waals surface area contributed by atoms with E-state index in [0.717, 1.165) is 5.56 Å². The van der Waals surface area contributed by atoms with E-state index in [1.54, 1.807) is 4.90 Å². The molecular formula is C24H34ClNO4Si. The van der Waals surface area contributed by atoms with Crippen LogP contribution in [0, 0.1) is 5.92 Å². The second kappa shape index (κ2) is 8.72. The molecule has 0 aromatic heterocycles. The predicted molar refractivity (Wildman–Crippen MR) is 125 cm³/mol. The van der Waals surface area contributed by atoms with Crippen LogP contribution in [0.1, 0.15) is 39.7 Å². The standard InChI is InChI=1S/C24H34ClNO4Si/c1-15-13-18(25)21-19(16(2)30-31(6,7)24(3,4)5)22(27)26(21)20(15)23(28)29-14-17-11-9-8-10-12-17/h8-12,16,18-21H,1,13-14H2,2-7H3/t16-,18?,19-,20-,21-/m1/s1. The van der Waals surface area contributed by atoms with Crippen LogP contribution >= 0.6 is 11.6 Å². The van der Waals surface area contributed by atoms with Gasteiger partial charge in [0.15, 0.2) is 14.4 Å². The van der Waals surface area contributed by atoms with Crippen LogP contribution in [0.2, 0.25) is 18.1 Å². The SMILES string of the molecule is C=C1CC(Cl)[C@@H]2[C@@H]([C@@H](C)O[Si](C)(C)C(C)(C)C)C(=O)N2[C@H]1C(=O)OCc1ccccc1. The number of hydrogen-bond donors (Lipinski definition) is 0. The Bertz CT molecular complexity index is 851. The lowest BCUT2D eigenvalue weighted by molar-refractivity contribution is -0.179. The van der Waals surface area contributed by atoms with E-state index in [2.05, 4.69) is 40.4 Å². The molecule has 2 aliphatic heterocycles. The van der Waals surface area contributed by atoms with Gasteiger partial charge in [-0.25, -0.2) is 4.79 Å². The molecule has 170 valence electrons. The molecule has 2 aliphatic rings. The molecule has 1 amide bonds. The zero-order valence-electron chi connectivity index (χ0n) is 19.4. The Kier molecular flexibility index (Phi) is 6.75. The summed E-state index contributed by atoms with van der Waals surface area (Å²) >= 11 is 6.67. The Morgan fingerprint density at radius 3 is 2.48 bits per heavy atom. The molecule has 1 aromatic rings. The van der Waals surface area contributed by atoms with Crippen molar-refractivity contribution < 1.29 is 18.8 Å². The highest BCUT2D eigenvalue weighted by Crippen LogP contribution is 2.46. The molecule has 0 radical (unpaired) electrons. The van der Waals surface area contributed by atoms with Gasteiger partial charge in [-0.1, -0.05) is 57.7 Å². The van der Waals surface area contributed by atoms with Crippen LogP contribution in [0.4, 0.5) is 0 Å². The number of esters is 1. The summed E-state index contributed by atoms with van der Waals surface area (Å²) in [5, 5.41) is -0.252. The lowest BCUT2D eigenvalue weighted by Gasteiger charge is -2.57. The summed E-state index contributed by atoms with van der Waals surface area (Å²) in [6.45, 7) is 17.0. The largest absolute Gasteiger partial charge is 0.459 e. The maximum absolute atomic E-state index is 13.2. The molecule has 0 aliphatic carbocycles. The van der Waals surface area contributed by atoms with Gasteiger partial charge in [-0.15, -0.1) is 11.6 Å². The van der Waals surface area contributed by atoms with E-state index in [1.807, 2.05) is 37.3 Å². The first-order valence-corrected chi connectivity index (χ1v) is 14.2. The van der Waals surface area contributed by atoms with Crippen molar-refractivity contribution >= 4 is 31.8 Å². The minimum Gasteiger partial charge on any atom is -0.459 e. The number of nitrogens with zero attached hydrogens (tertiary/aromatic N) is 1. The smallest absolute Gasteiger partial charge is 0.333 e. The van der Waals surface area contributed by atoms with Gasteiger partial charge in [-0.05, 0) is 42.6 Å². The van der Waals surface area contributed by atoms with Crippen molar-refractivity contribution in [3.05, 3.63) is 48.0 Å². The Morgan fingerprint density at radius 2 is 1.90 bits per heavy atom. The zero-order valence-corrected chi connectivity index (χ0v) is 21.1. The number of piperidine rings is 1. The van der Waals surface area contributed by atoms with Crippen molar-refractivity contribution in [3.8, 4) is 0 Å². The number of rotatable bonds is 6. The lowest BCUT2D eigenvalue weighted by Crippen LogP contribution is -2.74. The quantitative estimate of drug-likeness (QED) is 0.198. The molecule has 2 fully saturated rings. The van der Waals surface area contributed by atoms with Gasteiger partial charge in [-0.3, -0.25) is 4.79 Å². The van der Waals surface area contributed by atoms with Crippen molar-refractivity contribution in [2.75, 3.05) is 0 Å². The van der Waals surface area contributed by atoms with E-state index in [9.17, 15) is 9.59 Å². The minimum absolute atomic E-state index is 0.0404. The first-order chi connectivity index (χ1) is 14.3. The molecule has 5 atom stereocenters. The summed E-state index contributed by atoms with van der Waals surface area (Å²) in [4.78, 5) is 27.7. The van der Waals surface area contributed by atoms with Gasteiger partial charge in [0.2, 0.25) is 5.91 Å². The Balaban J connectivity index is 1.73. The van der Waals surface area contributed by atoms with Gasteiger partial charge >= 0.3 is 5.97 Å². The molecule has 0 spiro atoms. The van der Waals surface area contributed by atoms with Crippen LogP contribution in [0.25, 0.3) is 0 Å². The van der Waals surface area contributed by atoms with Crippen LogP contribution in [-0.4, -0.2) is 48.7 Å². The number of carbonyl (C=O) groups is 2. The van der Waals surface area contributed by atoms with E-state index in [0.29, 0.717) is 12.0 Å². The molecule has 2 heterocycles. The molecular weight excluding hydrogens is 430 g/mol. The molecule has 2 saturated heterocycles. The lowest BCUT2D eigenvalue weighted by atomic mass is 9.74. The Hall–Kier alpha value is -1.63. The number of fused-ring (bicyclic) bond motifs is 1. The number of alkyl halides is 1. The van der Waals surface area contributed by atoms with Crippen LogP contribution < -0.4 is 0 Å². The van der Waals surface area contributed by atoms with Crippen molar-refractivity contribution in [2.24, 2.45) is 5.92 Å². The molecule has 1 aromatic carbocycles. The first-order valence-electron chi connectivity index (χ1n) is 10.9. The highest BCUT2D eigenvalue weighted by atomic mass is 35.5. The second-order valence-electron chi connectivity index (χ2n) is 10.2. The number of carbonyl (C=O) groups excluding carboxylic acids is 2. The monoisotopic (exact) mass is 463 g/mol. The average molecular weight is 464 g/mol. The van der Waals surface area contributed by atoms with Crippen LogP contribution in [0.5, 0.6) is 0 Å². The Labute approximate surface area is 191 Å². The second-order valence-corrected chi connectivity index (χ2v) is 15.5. The maximum Gasteiger partial charge on any atom is 0.333 e. The van der Waals surface area contributed by atoms with E-state index >= 15 is 0 Å². The molecule has 3 rings (SSSR count). The molecule has 31 heavy (non-hydrogen) atoms. The predicted octanol–water partition coefficient (Wildman–Crippen LogP) is 4.90. The number of hydrogen-bond acceptors (Lipinski definition) is 4. The number of ether oxygens (including phenoxy) is 1. The van der Waals surface area contributed by atoms with E-state index < -0.39 is 20.3 Å². The van der Waals surface area contributed by atoms with Gasteiger partial charge in [0.25, 0.3) is 0 Å². The molecule has 1 unspecified atom stereocenters. The summed E-state index contributed by atoms with van der Waals surface area (Å²) in [6.07, 6.45) is 0.216. The van der Waals surface area contributed by atoms with Crippen LogP contribution in [0.15, 0.2) is 42.5 Å². The maximum atomic E-state index is 13.2. The number of amides is 1. The number of benzene rings is 1. The van der Waals surface area contributed by atoms with E-state index in [-0.39, 0.29) is 41.0 Å². The third-order valence-electron chi connectivity index (χ3n) is 6.96. The average Bonchev–Trinajstić information content (AvgIpc) is 2.66. The molecule has 7 heteroatoms.